The molecule has 1 heterocycles. The second-order valence-corrected chi connectivity index (χ2v) is 5.20. The van der Waals surface area contributed by atoms with Crippen molar-refractivity contribution in [3.8, 4) is 17.4 Å². The summed E-state index contributed by atoms with van der Waals surface area (Å²) >= 11 is 0. The highest BCUT2D eigenvalue weighted by molar-refractivity contribution is 5.97. The Bertz CT molecular complexity index is 872. The Kier molecular flexibility index (Phi) is 4.37. The number of aromatic nitrogens is 3. The van der Waals surface area contributed by atoms with Crippen molar-refractivity contribution < 1.29 is 13.9 Å². The Morgan fingerprint density at radius 3 is 2.58 bits per heavy atom. The zero-order valence-electron chi connectivity index (χ0n) is 13.4. The highest BCUT2D eigenvalue weighted by Gasteiger charge is 2.19. The van der Waals surface area contributed by atoms with Crippen molar-refractivity contribution in [3.63, 3.8) is 0 Å². The first kappa shape index (κ1) is 15.9. The zero-order valence-corrected chi connectivity index (χ0v) is 13.4. The molecule has 0 amide bonds. The average Bonchev–Trinajstić information content (AvgIpc) is 3.05. The number of nitrogens with zero attached hydrogens (tertiary/aromatic N) is 3. The summed E-state index contributed by atoms with van der Waals surface area (Å²) in [4.78, 5) is 16.9. The number of benzene rings is 2. The van der Waals surface area contributed by atoms with E-state index in [9.17, 15) is 9.18 Å². The monoisotopic (exact) mass is 325 g/mol. The van der Waals surface area contributed by atoms with Crippen LogP contribution in [0.25, 0.3) is 11.4 Å². The molecular formula is C18H16FN3O2. The van der Waals surface area contributed by atoms with Gasteiger partial charge in [0.1, 0.15) is 5.82 Å². The van der Waals surface area contributed by atoms with E-state index in [1.165, 1.54) is 19.2 Å². The number of halogens is 1. The van der Waals surface area contributed by atoms with Crippen LogP contribution in [0.3, 0.4) is 0 Å². The lowest BCUT2D eigenvalue weighted by Gasteiger charge is -2.05. The van der Waals surface area contributed by atoms with Gasteiger partial charge in [-0.1, -0.05) is 31.2 Å². The van der Waals surface area contributed by atoms with E-state index in [0.29, 0.717) is 11.1 Å². The summed E-state index contributed by atoms with van der Waals surface area (Å²) in [7, 11) is 1.41. The molecule has 0 aliphatic rings. The van der Waals surface area contributed by atoms with Crippen molar-refractivity contribution >= 4 is 5.91 Å². The molecule has 122 valence electrons. The normalized spacial score (nSPS) is 10.6. The van der Waals surface area contributed by atoms with Crippen LogP contribution in [-0.2, 0) is 6.42 Å². The Balaban J connectivity index is 2.06. The van der Waals surface area contributed by atoms with Gasteiger partial charge in [-0.3, -0.25) is 4.79 Å². The fourth-order valence-electron chi connectivity index (χ4n) is 2.34. The van der Waals surface area contributed by atoms with Gasteiger partial charge in [0, 0.05) is 11.1 Å². The van der Waals surface area contributed by atoms with Crippen molar-refractivity contribution in [2.24, 2.45) is 0 Å². The predicted molar refractivity (Wildman–Crippen MR) is 87.5 cm³/mol. The minimum Gasteiger partial charge on any atom is -0.466 e. The van der Waals surface area contributed by atoms with Crippen molar-refractivity contribution in [1.29, 1.82) is 0 Å². The summed E-state index contributed by atoms with van der Waals surface area (Å²) in [5, 5.41) is 4.06. The van der Waals surface area contributed by atoms with E-state index in [-0.39, 0.29) is 17.7 Å². The van der Waals surface area contributed by atoms with Gasteiger partial charge in [-0.15, -0.1) is 5.10 Å². The second-order valence-electron chi connectivity index (χ2n) is 5.20. The molecule has 0 saturated heterocycles. The molecule has 3 rings (SSSR count). The number of ether oxygens (including phenoxy) is 1. The molecular weight excluding hydrogens is 309 g/mol. The number of carbonyl (C=O) groups excluding carboxylic acids is 1. The van der Waals surface area contributed by atoms with Crippen molar-refractivity contribution in [2.75, 3.05) is 7.11 Å². The number of hydrogen-bond donors (Lipinski definition) is 0. The van der Waals surface area contributed by atoms with Crippen molar-refractivity contribution in [3.05, 3.63) is 65.5 Å². The number of rotatable bonds is 4. The van der Waals surface area contributed by atoms with Crippen LogP contribution >= 0.6 is 0 Å². The van der Waals surface area contributed by atoms with Crippen molar-refractivity contribution in [2.45, 2.75) is 13.3 Å². The molecule has 0 N–H and O–H groups in total. The maximum atomic E-state index is 13.5. The van der Waals surface area contributed by atoms with E-state index in [2.05, 4.69) is 10.1 Å². The van der Waals surface area contributed by atoms with E-state index in [0.717, 1.165) is 16.7 Å². The molecule has 0 fully saturated rings. The van der Waals surface area contributed by atoms with E-state index in [1.807, 2.05) is 19.1 Å². The minimum atomic E-state index is -0.416. The standard InChI is InChI=1S/C18H16FN3O2/c1-3-12-7-9-13(10-8-12)17(23)22-16(20-18(21-22)24-2)14-5-4-6-15(19)11-14/h4-11H,3H2,1-2H3. The Labute approximate surface area is 138 Å². The lowest BCUT2D eigenvalue weighted by molar-refractivity contribution is 0.0945. The predicted octanol–water partition coefficient (Wildman–Crippen LogP) is 3.34. The van der Waals surface area contributed by atoms with Gasteiger partial charge in [0.2, 0.25) is 0 Å². The number of methoxy groups -OCH3 is 1. The topological polar surface area (TPSA) is 57.0 Å². The Morgan fingerprint density at radius 2 is 1.96 bits per heavy atom. The molecule has 2 aromatic carbocycles. The summed E-state index contributed by atoms with van der Waals surface area (Å²) in [6, 6.07) is 13.2. The fourth-order valence-corrected chi connectivity index (χ4v) is 2.34. The molecule has 0 aliphatic heterocycles. The molecule has 0 saturated carbocycles. The molecule has 0 unspecified atom stereocenters. The van der Waals surface area contributed by atoms with E-state index in [1.54, 1.807) is 24.3 Å². The number of hydrogen-bond acceptors (Lipinski definition) is 4. The minimum absolute atomic E-state index is 0.0489. The SMILES string of the molecule is CCc1ccc(C(=O)n2nc(OC)nc2-c2cccc(F)c2)cc1. The van der Waals surface area contributed by atoms with Crippen LogP contribution in [0.15, 0.2) is 48.5 Å². The summed E-state index contributed by atoms with van der Waals surface area (Å²) in [5.74, 6) is -0.538. The van der Waals surface area contributed by atoms with Gasteiger partial charge in [0.25, 0.3) is 5.91 Å². The van der Waals surface area contributed by atoms with Crippen LogP contribution in [-0.4, -0.2) is 27.8 Å². The molecule has 3 aromatic rings. The average molecular weight is 325 g/mol. The highest BCUT2D eigenvalue weighted by atomic mass is 19.1. The first-order valence-corrected chi connectivity index (χ1v) is 7.53. The third-order valence-electron chi connectivity index (χ3n) is 3.65. The van der Waals surface area contributed by atoms with E-state index >= 15 is 0 Å². The maximum absolute atomic E-state index is 13.5. The molecule has 0 atom stereocenters. The zero-order chi connectivity index (χ0) is 17.1. The first-order valence-electron chi connectivity index (χ1n) is 7.53. The van der Waals surface area contributed by atoms with Gasteiger partial charge in [0.15, 0.2) is 5.82 Å². The van der Waals surface area contributed by atoms with Gasteiger partial charge < -0.3 is 4.74 Å². The summed E-state index contributed by atoms with van der Waals surface area (Å²) in [6.07, 6.45) is 0.889. The Morgan fingerprint density at radius 1 is 1.21 bits per heavy atom. The third-order valence-corrected chi connectivity index (χ3v) is 3.65. The lowest BCUT2D eigenvalue weighted by Crippen LogP contribution is -2.15. The molecule has 0 radical (unpaired) electrons. The molecule has 1 aromatic heterocycles. The van der Waals surface area contributed by atoms with Gasteiger partial charge in [-0.05, 0) is 36.2 Å². The van der Waals surface area contributed by atoms with Gasteiger partial charge in [-0.2, -0.15) is 9.67 Å². The summed E-state index contributed by atoms with van der Waals surface area (Å²) in [6.45, 7) is 2.04. The van der Waals surface area contributed by atoms with Gasteiger partial charge in [-0.25, -0.2) is 4.39 Å². The fraction of sp³-hybridized carbons (Fsp3) is 0.167. The highest BCUT2D eigenvalue weighted by Crippen LogP contribution is 2.22. The van der Waals surface area contributed by atoms with Gasteiger partial charge in [0.05, 0.1) is 7.11 Å². The summed E-state index contributed by atoms with van der Waals surface area (Å²) < 4.78 is 19.7. The molecule has 0 spiro atoms. The number of carbonyl (C=O) groups is 1. The summed E-state index contributed by atoms with van der Waals surface area (Å²) in [5.41, 5.74) is 2.05. The van der Waals surface area contributed by atoms with Gasteiger partial charge >= 0.3 is 6.01 Å². The van der Waals surface area contributed by atoms with Crippen molar-refractivity contribution in [1.82, 2.24) is 14.8 Å². The van der Waals surface area contributed by atoms with Crippen LogP contribution in [0.2, 0.25) is 0 Å². The molecule has 6 heteroatoms. The number of aryl methyl sites for hydroxylation is 1. The van der Waals surface area contributed by atoms with E-state index in [4.69, 9.17) is 4.74 Å². The maximum Gasteiger partial charge on any atom is 0.336 e. The van der Waals surface area contributed by atoms with Crippen LogP contribution in [0.4, 0.5) is 4.39 Å². The third kappa shape index (κ3) is 3.03. The molecule has 5 nitrogen and oxygen atoms in total. The molecule has 0 aliphatic carbocycles. The second kappa shape index (κ2) is 6.62. The quantitative estimate of drug-likeness (QED) is 0.738. The Hall–Kier alpha value is -3.02. The smallest absolute Gasteiger partial charge is 0.336 e. The van der Waals surface area contributed by atoms with Crippen LogP contribution in [0.5, 0.6) is 6.01 Å². The lowest BCUT2D eigenvalue weighted by atomic mass is 10.1. The molecule has 24 heavy (non-hydrogen) atoms. The van der Waals surface area contributed by atoms with Crippen LogP contribution in [0, 0.1) is 5.82 Å². The molecule has 0 bridgehead atoms. The van der Waals surface area contributed by atoms with Crippen LogP contribution in [0.1, 0.15) is 22.8 Å². The largest absolute Gasteiger partial charge is 0.466 e. The first-order chi connectivity index (χ1) is 11.6. The van der Waals surface area contributed by atoms with Crippen LogP contribution < -0.4 is 4.74 Å². The van der Waals surface area contributed by atoms with E-state index < -0.39 is 5.82 Å².